The van der Waals surface area contributed by atoms with Crippen molar-refractivity contribution in [2.24, 2.45) is 5.92 Å². The molecule has 0 aromatic carbocycles. The van der Waals surface area contributed by atoms with Gasteiger partial charge in [0.2, 0.25) is 11.6 Å². The van der Waals surface area contributed by atoms with E-state index in [0.717, 1.165) is 6.42 Å². The number of nitrogens with zero attached hydrogens (tertiary/aromatic N) is 1. The van der Waals surface area contributed by atoms with E-state index in [4.69, 9.17) is 0 Å². The molecule has 0 aliphatic carbocycles. The molecule has 2 aliphatic heterocycles. The van der Waals surface area contributed by atoms with Gasteiger partial charge in [0.15, 0.2) is 0 Å². The molecule has 2 fully saturated rings. The standard InChI is InChI=1S/C11H18N2O3/c1-3-7(2)8-9(14)13-6-4-5-11(13,16)10(15)12-8/h7-8,16H,3-6H2,1-2H3,(H,12,15)/t7-,8-,11-/m1/s1. The first-order valence-electron chi connectivity index (χ1n) is 5.85. The number of carbonyl (C=O) groups is 2. The van der Waals surface area contributed by atoms with Gasteiger partial charge in [0.1, 0.15) is 6.04 Å². The Morgan fingerprint density at radius 3 is 2.94 bits per heavy atom. The Hall–Kier alpha value is -1.10. The zero-order valence-corrected chi connectivity index (χ0v) is 9.69. The van der Waals surface area contributed by atoms with Crippen LogP contribution in [0, 0.1) is 5.92 Å². The number of rotatable bonds is 2. The maximum Gasteiger partial charge on any atom is 0.274 e. The number of fused-ring (bicyclic) bond motifs is 1. The second kappa shape index (κ2) is 3.73. The highest BCUT2D eigenvalue weighted by atomic mass is 16.3. The van der Waals surface area contributed by atoms with Crippen molar-refractivity contribution >= 4 is 11.8 Å². The molecule has 0 unspecified atom stereocenters. The minimum absolute atomic E-state index is 0.0987. The van der Waals surface area contributed by atoms with E-state index >= 15 is 0 Å². The lowest BCUT2D eigenvalue weighted by molar-refractivity contribution is -0.179. The predicted octanol–water partition coefficient (Wildman–Crippen LogP) is -0.158. The summed E-state index contributed by atoms with van der Waals surface area (Å²) in [6.07, 6.45) is 1.85. The predicted molar refractivity (Wildman–Crippen MR) is 57.3 cm³/mol. The summed E-state index contributed by atoms with van der Waals surface area (Å²) in [5, 5.41) is 12.8. The van der Waals surface area contributed by atoms with E-state index in [1.807, 2.05) is 13.8 Å². The van der Waals surface area contributed by atoms with Gasteiger partial charge >= 0.3 is 0 Å². The lowest BCUT2D eigenvalue weighted by Crippen LogP contribution is -2.69. The summed E-state index contributed by atoms with van der Waals surface area (Å²) >= 11 is 0. The molecule has 0 bridgehead atoms. The summed E-state index contributed by atoms with van der Waals surface area (Å²) in [6, 6.07) is -0.476. The molecule has 0 radical (unpaired) electrons. The fourth-order valence-electron chi connectivity index (χ4n) is 2.44. The molecule has 2 heterocycles. The molecular weight excluding hydrogens is 208 g/mol. The van der Waals surface area contributed by atoms with Crippen molar-refractivity contribution < 1.29 is 14.7 Å². The van der Waals surface area contributed by atoms with Gasteiger partial charge in [-0.05, 0) is 12.3 Å². The molecule has 0 aromatic heterocycles. The summed E-state index contributed by atoms with van der Waals surface area (Å²) in [7, 11) is 0. The van der Waals surface area contributed by atoms with Gasteiger partial charge in [-0.3, -0.25) is 9.59 Å². The highest BCUT2D eigenvalue weighted by molar-refractivity contribution is 5.99. The van der Waals surface area contributed by atoms with Crippen molar-refractivity contribution in [1.82, 2.24) is 10.2 Å². The van der Waals surface area contributed by atoms with Crippen LogP contribution in [0.3, 0.4) is 0 Å². The number of nitrogens with one attached hydrogen (secondary N) is 1. The second-order valence-corrected chi connectivity index (χ2v) is 4.75. The largest absolute Gasteiger partial charge is 0.363 e. The van der Waals surface area contributed by atoms with E-state index in [9.17, 15) is 14.7 Å². The third-order valence-electron chi connectivity index (χ3n) is 3.75. The summed E-state index contributed by atoms with van der Waals surface area (Å²) in [5.74, 6) is -0.467. The van der Waals surface area contributed by atoms with Crippen molar-refractivity contribution in [1.29, 1.82) is 0 Å². The number of hydrogen-bond donors (Lipinski definition) is 2. The molecule has 2 amide bonds. The molecule has 16 heavy (non-hydrogen) atoms. The topological polar surface area (TPSA) is 69.6 Å². The van der Waals surface area contributed by atoms with E-state index in [2.05, 4.69) is 5.32 Å². The van der Waals surface area contributed by atoms with Gasteiger partial charge in [-0.1, -0.05) is 20.3 Å². The number of aliphatic hydroxyl groups is 1. The van der Waals surface area contributed by atoms with Crippen LogP contribution in [0.25, 0.3) is 0 Å². The molecule has 90 valence electrons. The van der Waals surface area contributed by atoms with Gasteiger partial charge in [0.05, 0.1) is 0 Å². The molecule has 2 saturated heterocycles. The van der Waals surface area contributed by atoms with E-state index in [0.29, 0.717) is 19.4 Å². The first kappa shape index (κ1) is 11.4. The number of amides is 2. The zero-order chi connectivity index (χ0) is 11.9. The quantitative estimate of drug-likeness (QED) is 0.687. The van der Waals surface area contributed by atoms with E-state index < -0.39 is 17.7 Å². The van der Waals surface area contributed by atoms with Crippen LogP contribution < -0.4 is 5.32 Å². The second-order valence-electron chi connectivity index (χ2n) is 4.75. The molecule has 5 heteroatoms. The van der Waals surface area contributed by atoms with Crippen molar-refractivity contribution in [2.75, 3.05) is 6.54 Å². The van der Waals surface area contributed by atoms with Crippen LogP contribution in [0.15, 0.2) is 0 Å². The van der Waals surface area contributed by atoms with Gasteiger partial charge in [0, 0.05) is 13.0 Å². The van der Waals surface area contributed by atoms with Crippen molar-refractivity contribution in [2.45, 2.75) is 44.9 Å². The van der Waals surface area contributed by atoms with Crippen LogP contribution in [-0.2, 0) is 9.59 Å². The lowest BCUT2D eigenvalue weighted by Gasteiger charge is -2.41. The summed E-state index contributed by atoms with van der Waals surface area (Å²) in [5.41, 5.74) is -1.58. The number of hydrogen-bond acceptors (Lipinski definition) is 3. The fraction of sp³-hybridized carbons (Fsp3) is 0.818. The molecule has 2 rings (SSSR count). The highest BCUT2D eigenvalue weighted by Crippen LogP contribution is 2.32. The smallest absolute Gasteiger partial charge is 0.274 e. The van der Waals surface area contributed by atoms with Gasteiger partial charge in [-0.15, -0.1) is 0 Å². The van der Waals surface area contributed by atoms with Crippen molar-refractivity contribution in [3.05, 3.63) is 0 Å². The maximum atomic E-state index is 12.1. The van der Waals surface area contributed by atoms with Gasteiger partial charge in [-0.2, -0.15) is 0 Å². The Labute approximate surface area is 94.8 Å². The first-order valence-corrected chi connectivity index (χ1v) is 5.85. The lowest BCUT2D eigenvalue weighted by atomic mass is 9.93. The Balaban J connectivity index is 2.26. The Morgan fingerprint density at radius 1 is 1.62 bits per heavy atom. The third-order valence-corrected chi connectivity index (χ3v) is 3.75. The van der Waals surface area contributed by atoms with Crippen molar-refractivity contribution in [3.8, 4) is 0 Å². The monoisotopic (exact) mass is 226 g/mol. The van der Waals surface area contributed by atoms with Gasteiger partial charge < -0.3 is 15.3 Å². The van der Waals surface area contributed by atoms with Crippen LogP contribution >= 0.6 is 0 Å². The maximum absolute atomic E-state index is 12.1. The Morgan fingerprint density at radius 2 is 2.31 bits per heavy atom. The molecule has 0 aromatic rings. The first-order chi connectivity index (χ1) is 7.50. The van der Waals surface area contributed by atoms with Crippen LogP contribution in [0.2, 0.25) is 0 Å². The average molecular weight is 226 g/mol. The average Bonchev–Trinajstić information content (AvgIpc) is 2.66. The summed E-state index contributed by atoms with van der Waals surface area (Å²) < 4.78 is 0. The van der Waals surface area contributed by atoms with Gasteiger partial charge in [0.25, 0.3) is 5.91 Å². The van der Waals surface area contributed by atoms with E-state index in [1.165, 1.54) is 4.90 Å². The zero-order valence-electron chi connectivity index (χ0n) is 9.69. The molecule has 0 spiro atoms. The van der Waals surface area contributed by atoms with Crippen LogP contribution in [-0.4, -0.2) is 40.1 Å². The van der Waals surface area contributed by atoms with Crippen molar-refractivity contribution in [3.63, 3.8) is 0 Å². The molecule has 2 N–H and O–H groups in total. The van der Waals surface area contributed by atoms with Gasteiger partial charge in [-0.25, -0.2) is 0 Å². The Kier molecular flexibility index (Phi) is 2.66. The van der Waals surface area contributed by atoms with E-state index in [1.54, 1.807) is 0 Å². The summed E-state index contributed by atoms with van der Waals surface area (Å²) in [4.78, 5) is 25.3. The third kappa shape index (κ3) is 1.42. The SMILES string of the molecule is CC[C@@H](C)[C@H]1NC(=O)[C@]2(O)CCCN2C1=O. The normalized spacial score (nSPS) is 35.9. The molecule has 2 aliphatic rings. The minimum Gasteiger partial charge on any atom is -0.363 e. The molecule has 5 nitrogen and oxygen atoms in total. The van der Waals surface area contributed by atoms with Crippen LogP contribution in [0.4, 0.5) is 0 Å². The number of carbonyl (C=O) groups excluding carboxylic acids is 2. The Bertz CT molecular complexity index is 331. The molecule has 0 saturated carbocycles. The molecule has 3 atom stereocenters. The van der Waals surface area contributed by atoms with Crippen LogP contribution in [0.1, 0.15) is 33.1 Å². The minimum atomic E-state index is -1.58. The summed E-state index contributed by atoms with van der Waals surface area (Å²) in [6.45, 7) is 4.40. The van der Waals surface area contributed by atoms with Crippen LogP contribution in [0.5, 0.6) is 0 Å². The fourth-order valence-corrected chi connectivity index (χ4v) is 2.44. The molecular formula is C11H18N2O3. The highest BCUT2D eigenvalue weighted by Gasteiger charge is 2.54. The van der Waals surface area contributed by atoms with E-state index in [-0.39, 0.29) is 11.8 Å². The number of piperazine rings is 1.